The first-order valence-electron chi connectivity index (χ1n) is 8.85. The van der Waals surface area contributed by atoms with Crippen molar-refractivity contribution >= 4 is 37.9 Å². The number of halogens is 2. The summed E-state index contributed by atoms with van der Waals surface area (Å²) in [5, 5.41) is 0.301. The summed E-state index contributed by atoms with van der Waals surface area (Å²) in [6.07, 6.45) is 1.85. The zero-order valence-corrected chi connectivity index (χ0v) is 18.4. The lowest BCUT2D eigenvalue weighted by molar-refractivity contribution is 0.402. The first-order valence-corrected chi connectivity index (χ1v) is 11.5. The predicted molar refractivity (Wildman–Crippen MR) is 115 cm³/mol. The molecule has 156 valence electrons. The van der Waals surface area contributed by atoms with E-state index in [0.717, 1.165) is 26.8 Å². The average molecular weight is 466 g/mol. The molecule has 0 unspecified atom stereocenters. The van der Waals surface area contributed by atoms with Gasteiger partial charge in [-0.05, 0) is 49.4 Å². The lowest BCUT2D eigenvalue weighted by atomic mass is 10.2. The van der Waals surface area contributed by atoms with Crippen LogP contribution in [-0.2, 0) is 16.6 Å². The fraction of sp³-hybridized carbons (Fsp3) is 0.150. The van der Waals surface area contributed by atoms with Crippen molar-refractivity contribution in [3.05, 3.63) is 70.1 Å². The third-order valence-electron chi connectivity index (χ3n) is 4.63. The third-order valence-corrected chi connectivity index (χ3v) is 7.45. The van der Waals surface area contributed by atoms with Crippen LogP contribution in [0, 0.1) is 12.7 Å². The van der Waals surface area contributed by atoms with Crippen molar-refractivity contribution in [3.8, 4) is 17.0 Å². The second-order valence-corrected chi connectivity index (χ2v) is 9.75. The van der Waals surface area contributed by atoms with E-state index in [-0.39, 0.29) is 23.0 Å². The molecule has 0 fully saturated rings. The second kappa shape index (κ2) is 7.99. The molecule has 2 aromatic heterocycles. The van der Waals surface area contributed by atoms with Crippen LogP contribution >= 0.6 is 22.9 Å². The Morgan fingerprint density at radius 3 is 2.63 bits per heavy atom. The molecule has 0 bridgehead atoms. The number of thiazole rings is 1. The van der Waals surface area contributed by atoms with Crippen LogP contribution in [0.25, 0.3) is 16.2 Å². The number of aryl methyl sites for hydroxylation is 1. The summed E-state index contributed by atoms with van der Waals surface area (Å²) in [7, 11) is -2.43. The summed E-state index contributed by atoms with van der Waals surface area (Å²) in [6.45, 7) is 1.99. The third kappa shape index (κ3) is 3.93. The minimum atomic E-state index is -3.83. The van der Waals surface area contributed by atoms with Crippen LogP contribution in [0.5, 0.6) is 5.75 Å². The van der Waals surface area contributed by atoms with Gasteiger partial charge in [0.2, 0.25) is 10.0 Å². The predicted octanol–water partition coefficient (Wildman–Crippen LogP) is 4.65. The van der Waals surface area contributed by atoms with Gasteiger partial charge in [-0.3, -0.25) is 4.40 Å². The van der Waals surface area contributed by atoms with Crippen molar-refractivity contribution in [2.75, 3.05) is 7.11 Å². The Hall–Kier alpha value is -2.46. The molecule has 2 aromatic carbocycles. The van der Waals surface area contributed by atoms with Gasteiger partial charge < -0.3 is 4.74 Å². The summed E-state index contributed by atoms with van der Waals surface area (Å²) in [6, 6.07) is 10.6. The molecule has 0 saturated heterocycles. The Bertz CT molecular complexity index is 1330. The maximum atomic E-state index is 13.1. The number of nitrogens with zero attached hydrogens (tertiary/aromatic N) is 2. The number of sulfonamides is 1. The Labute approximate surface area is 182 Å². The van der Waals surface area contributed by atoms with Gasteiger partial charge in [-0.1, -0.05) is 22.9 Å². The van der Waals surface area contributed by atoms with Crippen LogP contribution in [-0.4, -0.2) is 24.9 Å². The van der Waals surface area contributed by atoms with Crippen molar-refractivity contribution < 1.29 is 17.5 Å². The molecule has 4 aromatic rings. The largest absolute Gasteiger partial charge is 0.495 e. The van der Waals surface area contributed by atoms with E-state index >= 15 is 0 Å². The van der Waals surface area contributed by atoms with Gasteiger partial charge in [0.05, 0.1) is 12.8 Å². The number of rotatable bonds is 6. The molecule has 0 aliphatic rings. The van der Waals surface area contributed by atoms with Crippen LogP contribution < -0.4 is 9.46 Å². The van der Waals surface area contributed by atoms with Crippen molar-refractivity contribution in [1.82, 2.24) is 14.1 Å². The number of methoxy groups -OCH3 is 1. The van der Waals surface area contributed by atoms with E-state index in [0.29, 0.717) is 5.02 Å². The first kappa shape index (κ1) is 20.8. The maximum absolute atomic E-state index is 13.1. The number of benzene rings is 2. The lowest BCUT2D eigenvalue weighted by Gasteiger charge is -2.11. The van der Waals surface area contributed by atoms with Crippen LogP contribution in [0.3, 0.4) is 0 Å². The van der Waals surface area contributed by atoms with E-state index in [4.69, 9.17) is 16.3 Å². The molecule has 0 aliphatic carbocycles. The number of ether oxygens (including phenoxy) is 1. The van der Waals surface area contributed by atoms with Gasteiger partial charge in [0, 0.05) is 33.9 Å². The van der Waals surface area contributed by atoms with E-state index in [1.807, 2.05) is 17.5 Å². The molecule has 30 heavy (non-hydrogen) atoms. The molecule has 1 N–H and O–H groups in total. The SMILES string of the molecule is COc1ccc(Cl)cc1S(=O)(=O)NCc1sc2nc(-c3ccc(F)cc3)cn2c1C. The second-order valence-electron chi connectivity index (χ2n) is 6.52. The van der Waals surface area contributed by atoms with Crippen molar-refractivity contribution in [3.63, 3.8) is 0 Å². The molecule has 0 saturated carbocycles. The molecule has 0 spiro atoms. The quantitative estimate of drug-likeness (QED) is 0.450. The fourth-order valence-corrected chi connectivity index (χ4v) is 5.58. The van der Waals surface area contributed by atoms with Crippen molar-refractivity contribution in [2.24, 2.45) is 0 Å². The molecule has 0 atom stereocenters. The van der Waals surface area contributed by atoms with Crippen LogP contribution in [0.4, 0.5) is 4.39 Å². The molecule has 4 rings (SSSR count). The maximum Gasteiger partial charge on any atom is 0.244 e. The molecule has 2 heterocycles. The highest BCUT2D eigenvalue weighted by atomic mass is 35.5. The van der Waals surface area contributed by atoms with Gasteiger partial charge >= 0.3 is 0 Å². The zero-order chi connectivity index (χ0) is 21.5. The number of fused-ring (bicyclic) bond motifs is 1. The highest BCUT2D eigenvalue weighted by Crippen LogP contribution is 2.29. The van der Waals surface area contributed by atoms with Crippen molar-refractivity contribution in [1.29, 1.82) is 0 Å². The van der Waals surface area contributed by atoms with Gasteiger partial charge in [-0.25, -0.2) is 22.5 Å². The van der Waals surface area contributed by atoms with Gasteiger partial charge in [-0.2, -0.15) is 0 Å². The fourth-order valence-electron chi connectivity index (χ4n) is 3.02. The minimum absolute atomic E-state index is 0.0184. The van der Waals surface area contributed by atoms with Crippen molar-refractivity contribution in [2.45, 2.75) is 18.4 Å². The van der Waals surface area contributed by atoms with Crippen LogP contribution in [0.15, 0.2) is 53.6 Å². The normalized spacial score (nSPS) is 11.9. The van der Waals surface area contributed by atoms with Gasteiger partial charge in [0.25, 0.3) is 0 Å². The first-order chi connectivity index (χ1) is 14.3. The molecular weight excluding hydrogens is 449 g/mol. The summed E-state index contributed by atoms with van der Waals surface area (Å²) in [5.74, 6) is -0.0876. The highest BCUT2D eigenvalue weighted by molar-refractivity contribution is 7.89. The Kier molecular flexibility index (Phi) is 5.54. The highest BCUT2D eigenvalue weighted by Gasteiger charge is 2.21. The molecule has 6 nitrogen and oxygen atoms in total. The van der Waals surface area contributed by atoms with E-state index in [2.05, 4.69) is 9.71 Å². The monoisotopic (exact) mass is 465 g/mol. The Morgan fingerprint density at radius 1 is 1.23 bits per heavy atom. The van der Waals surface area contributed by atoms with Crippen LogP contribution in [0.1, 0.15) is 10.6 Å². The number of imidazole rings is 1. The van der Waals surface area contributed by atoms with E-state index in [9.17, 15) is 12.8 Å². The number of aromatic nitrogens is 2. The molecule has 0 radical (unpaired) electrons. The van der Waals surface area contributed by atoms with Gasteiger partial charge in [0.15, 0.2) is 4.96 Å². The molecule has 0 aliphatic heterocycles. The zero-order valence-electron chi connectivity index (χ0n) is 16.0. The topological polar surface area (TPSA) is 72.7 Å². The summed E-state index contributed by atoms with van der Waals surface area (Å²) < 4.78 is 48.3. The molecular formula is C20H17ClFN3O3S2. The molecule has 10 heteroatoms. The lowest BCUT2D eigenvalue weighted by Crippen LogP contribution is -2.23. The van der Waals surface area contributed by atoms with Gasteiger partial charge in [0.1, 0.15) is 16.5 Å². The van der Waals surface area contributed by atoms with E-state index in [1.165, 1.54) is 42.7 Å². The minimum Gasteiger partial charge on any atom is -0.495 e. The van der Waals surface area contributed by atoms with E-state index < -0.39 is 10.0 Å². The number of hydrogen-bond donors (Lipinski definition) is 1. The van der Waals surface area contributed by atoms with Gasteiger partial charge in [-0.15, -0.1) is 0 Å². The van der Waals surface area contributed by atoms with E-state index in [1.54, 1.807) is 18.2 Å². The number of hydrogen-bond acceptors (Lipinski definition) is 5. The summed E-state index contributed by atoms with van der Waals surface area (Å²) in [5.41, 5.74) is 2.40. The summed E-state index contributed by atoms with van der Waals surface area (Å²) in [4.78, 5) is 6.11. The summed E-state index contributed by atoms with van der Waals surface area (Å²) >= 11 is 7.34. The molecule has 0 amide bonds. The standard InChI is InChI=1S/C20H17ClFN3O3S2/c1-12-18(10-23-30(26,27)19-9-14(21)5-8-17(19)28-2)29-20-24-16(11-25(12)20)13-3-6-15(22)7-4-13/h3-9,11,23H,10H2,1-2H3. The van der Waals surface area contributed by atoms with Crippen LogP contribution in [0.2, 0.25) is 5.02 Å². The number of nitrogens with one attached hydrogen (secondary N) is 1. The smallest absolute Gasteiger partial charge is 0.244 e. The Morgan fingerprint density at radius 2 is 1.97 bits per heavy atom. The average Bonchev–Trinajstić information content (AvgIpc) is 3.26. The Balaban J connectivity index is 1.59.